The van der Waals surface area contributed by atoms with Crippen molar-refractivity contribution in [2.75, 3.05) is 6.61 Å². The zero-order chi connectivity index (χ0) is 13.0. The molecule has 1 aliphatic carbocycles. The largest absolute Gasteiger partial charge is 0.394 e. The molecule has 0 atom stereocenters. The summed E-state index contributed by atoms with van der Waals surface area (Å²) in [6.45, 7) is 5.54. The summed E-state index contributed by atoms with van der Waals surface area (Å²) in [4.78, 5) is 5.75. The van der Waals surface area contributed by atoms with Crippen LogP contribution in [-0.2, 0) is 13.0 Å². The first-order chi connectivity index (χ1) is 8.63. The van der Waals surface area contributed by atoms with E-state index in [1.165, 1.54) is 22.7 Å². The molecule has 0 amide bonds. The molecule has 0 radical (unpaired) electrons. The standard InChI is InChI=1S/C14H24N2OS/c1-11(2)7-13-15-8-12(18-13)9-16-14(10-17)5-3-4-6-14/h8,11,16-17H,3-7,9-10H2,1-2H3. The average molecular weight is 268 g/mol. The van der Waals surface area contributed by atoms with Gasteiger partial charge in [0, 0.05) is 29.6 Å². The molecule has 18 heavy (non-hydrogen) atoms. The van der Waals surface area contributed by atoms with Crippen LogP contribution >= 0.6 is 11.3 Å². The quantitative estimate of drug-likeness (QED) is 0.834. The zero-order valence-electron chi connectivity index (χ0n) is 11.4. The molecular formula is C14H24N2OS. The Morgan fingerprint density at radius 2 is 2.17 bits per heavy atom. The molecule has 2 rings (SSSR count). The van der Waals surface area contributed by atoms with Crippen molar-refractivity contribution >= 4 is 11.3 Å². The van der Waals surface area contributed by atoms with Crippen LogP contribution in [0.2, 0.25) is 0 Å². The van der Waals surface area contributed by atoms with Crippen LogP contribution in [-0.4, -0.2) is 22.2 Å². The minimum atomic E-state index is -0.0256. The number of aromatic nitrogens is 1. The minimum absolute atomic E-state index is 0.0256. The first kappa shape index (κ1) is 14.0. The highest BCUT2D eigenvalue weighted by atomic mass is 32.1. The van der Waals surface area contributed by atoms with Crippen molar-refractivity contribution in [1.29, 1.82) is 0 Å². The lowest BCUT2D eigenvalue weighted by atomic mass is 9.99. The van der Waals surface area contributed by atoms with Crippen molar-refractivity contribution in [3.8, 4) is 0 Å². The van der Waals surface area contributed by atoms with E-state index in [0.29, 0.717) is 5.92 Å². The van der Waals surface area contributed by atoms with E-state index < -0.39 is 0 Å². The fraction of sp³-hybridized carbons (Fsp3) is 0.786. The maximum absolute atomic E-state index is 9.54. The molecule has 0 bridgehead atoms. The summed E-state index contributed by atoms with van der Waals surface area (Å²) < 4.78 is 0. The van der Waals surface area contributed by atoms with Crippen LogP contribution in [0.3, 0.4) is 0 Å². The molecular weight excluding hydrogens is 244 g/mol. The average Bonchev–Trinajstić information content (AvgIpc) is 2.95. The van der Waals surface area contributed by atoms with Gasteiger partial charge in [-0.25, -0.2) is 4.98 Å². The third-order valence-electron chi connectivity index (χ3n) is 3.69. The Morgan fingerprint density at radius 3 is 2.78 bits per heavy atom. The number of rotatable bonds is 6. The van der Waals surface area contributed by atoms with Gasteiger partial charge in [-0.3, -0.25) is 0 Å². The Kier molecular flexibility index (Phi) is 4.76. The summed E-state index contributed by atoms with van der Waals surface area (Å²) in [6, 6.07) is 0. The molecule has 0 aliphatic heterocycles. The normalized spacial score (nSPS) is 18.7. The fourth-order valence-corrected chi connectivity index (χ4v) is 3.67. The summed E-state index contributed by atoms with van der Waals surface area (Å²) in [6.07, 6.45) is 7.71. The third kappa shape index (κ3) is 3.53. The highest BCUT2D eigenvalue weighted by Crippen LogP contribution is 2.29. The maximum Gasteiger partial charge on any atom is 0.0930 e. The Labute approximate surface area is 114 Å². The van der Waals surface area contributed by atoms with E-state index >= 15 is 0 Å². The summed E-state index contributed by atoms with van der Waals surface area (Å²) >= 11 is 1.80. The number of aliphatic hydroxyl groups excluding tert-OH is 1. The first-order valence-electron chi connectivity index (χ1n) is 6.93. The SMILES string of the molecule is CC(C)Cc1ncc(CNC2(CO)CCCC2)s1. The van der Waals surface area contributed by atoms with Gasteiger partial charge < -0.3 is 10.4 Å². The number of thiazole rings is 1. The molecule has 1 aromatic heterocycles. The van der Waals surface area contributed by atoms with Crippen LogP contribution in [0.5, 0.6) is 0 Å². The van der Waals surface area contributed by atoms with E-state index in [4.69, 9.17) is 0 Å². The van der Waals surface area contributed by atoms with Crippen LogP contribution in [0.4, 0.5) is 0 Å². The van der Waals surface area contributed by atoms with Crippen molar-refractivity contribution in [3.05, 3.63) is 16.1 Å². The molecule has 0 unspecified atom stereocenters. The minimum Gasteiger partial charge on any atom is -0.394 e. The second-order valence-corrected chi connectivity index (χ2v) is 7.02. The van der Waals surface area contributed by atoms with Crippen LogP contribution < -0.4 is 5.32 Å². The maximum atomic E-state index is 9.54. The highest BCUT2D eigenvalue weighted by molar-refractivity contribution is 7.11. The Bertz CT molecular complexity index is 370. The molecule has 1 fully saturated rings. The summed E-state index contributed by atoms with van der Waals surface area (Å²) in [5.41, 5.74) is -0.0256. The molecule has 3 nitrogen and oxygen atoms in total. The van der Waals surface area contributed by atoms with E-state index in [1.807, 2.05) is 6.20 Å². The smallest absolute Gasteiger partial charge is 0.0930 e. The van der Waals surface area contributed by atoms with Crippen molar-refractivity contribution < 1.29 is 5.11 Å². The Morgan fingerprint density at radius 1 is 1.44 bits per heavy atom. The third-order valence-corrected chi connectivity index (χ3v) is 4.70. The first-order valence-corrected chi connectivity index (χ1v) is 7.75. The van der Waals surface area contributed by atoms with Gasteiger partial charge in [-0.1, -0.05) is 26.7 Å². The molecule has 2 N–H and O–H groups in total. The summed E-state index contributed by atoms with van der Waals surface area (Å²) in [5, 5.41) is 14.3. The Hall–Kier alpha value is -0.450. The number of hydrogen-bond acceptors (Lipinski definition) is 4. The van der Waals surface area contributed by atoms with E-state index in [0.717, 1.165) is 25.8 Å². The molecule has 0 spiro atoms. The number of aliphatic hydroxyl groups is 1. The van der Waals surface area contributed by atoms with Gasteiger partial charge in [0.25, 0.3) is 0 Å². The van der Waals surface area contributed by atoms with E-state index in [1.54, 1.807) is 11.3 Å². The van der Waals surface area contributed by atoms with E-state index in [-0.39, 0.29) is 12.1 Å². The van der Waals surface area contributed by atoms with Gasteiger partial charge in [-0.05, 0) is 18.8 Å². The second kappa shape index (κ2) is 6.13. The Balaban J connectivity index is 1.87. The molecule has 1 aromatic rings. The lowest BCUT2D eigenvalue weighted by Gasteiger charge is -2.27. The van der Waals surface area contributed by atoms with Gasteiger partial charge in [-0.2, -0.15) is 0 Å². The van der Waals surface area contributed by atoms with Crippen LogP contribution in [0.1, 0.15) is 49.4 Å². The number of nitrogens with zero attached hydrogens (tertiary/aromatic N) is 1. The lowest BCUT2D eigenvalue weighted by molar-refractivity contribution is 0.163. The molecule has 1 heterocycles. The van der Waals surface area contributed by atoms with Crippen molar-refractivity contribution in [3.63, 3.8) is 0 Å². The van der Waals surface area contributed by atoms with Crippen LogP contribution in [0.15, 0.2) is 6.20 Å². The van der Waals surface area contributed by atoms with Crippen LogP contribution in [0.25, 0.3) is 0 Å². The summed E-state index contributed by atoms with van der Waals surface area (Å²) in [5.74, 6) is 0.663. The van der Waals surface area contributed by atoms with Crippen molar-refractivity contribution in [1.82, 2.24) is 10.3 Å². The predicted octanol–water partition coefficient (Wildman–Crippen LogP) is 2.74. The fourth-order valence-electron chi connectivity index (χ4n) is 2.59. The topological polar surface area (TPSA) is 45.2 Å². The number of hydrogen-bond donors (Lipinski definition) is 2. The van der Waals surface area contributed by atoms with Gasteiger partial charge >= 0.3 is 0 Å². The second-order valence-electron chi connectivity index (χ2n) is 5.82. The van der Waals surface area contributed by atoms with Gasteiger partial charge in [0.15, 0.2) is 0 Å². The van der Waals surface area contributed by atoms with E-state index in [9.17, 15) is 5.11 Å². The van der Waals surface area contributed by atoms with E-state index in [2.05, 4.69) is 24.1 Å². The van der Waals surface area contributed by atoms with Gasteiger partial charge in [0.2, 0.25) is 0 Å². The monoisotopic (exact) mass is 268 g/mol. The zero-order valence-corrected chi connectivity index (χ0v) is 12.2. The lowest BCUT2D eigenvalue weighted by Crippen LogP contribution is -2.45. The van der Waals surface area contributed by atoms with Crippen LogP contribution in [0, 0.1) is 5.92 Å². The van der Waals surface area contributed by atoms with Gasteiger partial charge in [-0.15, -0.1) is 11.3 Å². The molecule has 102 valence electrons. The van der Waals surface area contributed by atoms with Gasteiger partial charge in [0.1, 0.15) is 0 Å². The summed E-state index contributed by atoms with van der Waals surface area (Å²) in [7, 11) is 0. The molecule has 4 heteroatoms. The number of nitrogens with one attached hydrogen (secondary N) is 1. The highest BCUT2D eigenvalue weighted by Gasteiger charge is 2.32. The predicted molar refractivity (Wildman–Crippen MR) is 75.8 cm³/mol. The van der Waals surface area contributed by atoms with Crippen molar-refractivity contribution in [2.45, 2.75) is 58.0 Å². The molecule has 1 aliphatic rings. The molecule has 0 aromatic carbocycles. The molecule has 1 saturated carbocycles. The van der Waals surface area contributed by atoms with Gasteiger partial charge in [0.05, 0.1) is 11.6 Å². The molecule has 0 saturated heterocycles. The van der Waals surface area contributed by atoms with Crippen molar-refractivity contribution in [2.24, 2.45) is 5.92 Å².